The zero-order chi connectivity index (χ0) is 17.6. The molecule has 0 aliphatic carbocycles. The molecule has 3 heterocycles. The van der Waals surface area contributed by atoms with Gasteiger partial charge in [0.15, 0.2) is 16.5 Å². The molecule has 0 fully saturated rings. The average molecular weight is 379 g/mol. The van der Waals surface area contributed by atoms with E-state index in [2.05, 4.69) is 4.98 Å². The lowest BCUT2D eigenvalue weighted by Crippen LogP contribution is -2.16. The molecule has 0 bridgehead atoms. The number of carbonyl (C=O) groups excluding carboxylic acids is 1. The van der Waals surface area contributed by atoms with Gasteiger partial charge in [-0.2, -0.15) is 0 Å². The van der Waals surface area contributed by atoms with Gasteiger partial charge in [-0.1, -0.05) is 11.6 Å². The van der Waals surface area contributed by atoms with Crippen LogP contribution in [-0.2, 0) is 11.3 Å². The van der Waals surface area contributed by atoms with Gasteiger partial charge in [-0.05, 0) is 19.1 Å². The average Bonchev–Trinajstić information content (AvgIpc) is 3.20. The van der Waals surface area contributed by atoms with Crippen LogP contribution in [0, 0.1) is 6.92 Å². The standard InChI is InChI=1S/C16H11ClN2O5S/c1-8-6-25-16-18-10(4-13(20)19(8)16)5-22-15(21)9-2-11(17)14-12(3-9)23-7-24-14/h2-4,6H,5,7H2,1H3. The Morgan fingerprint density at radius 2 is 2.24 bits per heavy atom. The summed E-state index contributed by atoms with van der Waals surface area (Å²) < 4.78 is 17.2. The van der Waals surface area contributed by atoms with Crippen molar-refractivity contribution in [1.82, 2.24) is 9.38 Å². The second kappa shape index (κ2) is 6.05. The smallest absolute Gasteiger partial charge is 0.338 e. The summed E-state index contributed by atoms with van der Waals surface area (Å²) in [5, 5.41) is 2.11. The van der Waals surface area contributed by atoms with Crippen molar-refractivity contribution in [2.24, 2.45) is 0 Å². The molecule has 0 unspecified atom stereocenters. The highest BCUT2D eigenvalue weighted by molar-refractivity contribution is 7.15. The molecule has 128 valence electrons. The van der Waals surface area contributed by atoms with Gasteiger partial charge in [0.25, 0.3) is 5.56 Å². The van der Waals surface area contributed by atoms with Crippen molar-refractivity contribution in [2.45, 2.75) is 13.5 Å². The summed E-state index contributed by atoms with van der Waals surface area (Å²) in [6, 6.07) is 4.31. The molecule has 3 aromatic rings. The van der Waals surface area contributed by atoms with Crippen molar-refractivity contribution < 1.29 is 19.0 Å². The van der Waals surface area contributed by atoms with Crippen molar-refractivity contribution in [3.63, 3.8) is 0 Å². The third-order valence-electron chi connectivity index (χ3n) is 3.64. The summed E-state index contributed by atoms with van der Waals surface area (Å²) >= 11 is 7.41. The summed E-state index contributed by atoms with van der Waals surface area (Å²) in [5.41, 5.74) is 1.23. The van der Waals surface area contributed by atoms with Gasteiger partial charge in [-0.15, -0.1) is 11.3 Å². The first-order chi connectivity index (χ1) is 12.0. The van der Waals surface area contributed by atoms with Crippen molar-refractivity contribution in [3.05, 3.63) is 55.9 Å². The Kier molecular flexibility index (Phi) is 3.85. The molecule has 1 aliphatic rings. The summed E-state index contributed by atoms with van der Waals surface area (Å²) in [5.74, 6) is 0.210. The van der Waals surface area contributed by atoms with Gasteiger partial charge in [-0.3, -0.25) is 9.20 Å². The molecule has 4 rings (SSSR count). The van der Waals surface area contributed by atoms with E-state index in [1.165, 1.54) is 33.9 Å². The molecule has 7 nitrogen and oxygen atoms in total. The second-order valence-corrected chi connectivity index (χ2v) is 6.59. The second-order valence-electron chi connectivity index (χ2n) is 5.35. The lowest BCUT2D eigenvalue weighted by Gasteiger charge is -2.06. The molecule has 0 saturated carbocycles. The molecule has 9 heteroatoms. The van der Waals surface area contributed by atoms with E-state index in [0.29, 0.717) is 22.2 Å². The number of hydrogen-bond acceptors (Lipinski definition) is 7. The number of nitrogens with zero attached hydrogens (tertiary/aromatic N) is 2. The number of halogens is 1. The fourth-order valence-corrected chi connectivity index (χ4v) is 3.64. The lowest BCUT2D eigenvalue weighted by atomic mass is 10.2. The Balaban J connectivity index is 1.54. The number of thiazole rings is 1. The fourth-order valence-electron chi connectivity index (χ4n) is 2.48. The molecule has 0 N–H and O–H groups in total. The minimum atomic E-state index is -0.593. The SMILES string of the molecule is Cc1csc2nc(COC(=O)c3cc(Cl)c4c(c3)OCO4)cc(=O)n12. The highest BCUT2D eigenvalue weighted by Gasteiger charge is 2.21. The first kappa shape index (κ1) is 15.9. The van der Waals surface area contributed by atoms with Gasteiger partial charge in [0.1, 0.15) is 6.61 Å². The first-order valence-electron chi connectivity index (χ1n) is 7.26. The van der Waals surface area contributed by atoms with E-state index in [-0.39, 0.29) is 29.5 Å². The van der Waals surface area contributed by atoms with Gasteiger partial charge in [0.2, 0.25) is 6.79 Å². The van der Waals surface area contributed by atoms with Crippen molar-refractivity contribution in [1.29, 1.82) is 0 Å². The van der Waals surface area contributed by atoms with E-state index in [0.717, 1.165) is 5.69 Å². The number of fused-ring (bicyclic) bond motifs is 2. The predicted octanol–water partition coefficient (Wildman–Crippen LogP) is 2.80. The normalized spacial score (nSPS) is 12.6. The van der Waals surface area contributed by atoms with Crippen molar-refractivity contribution in [2.75, 3.05) is 6.79 Å². The van der Waals surface area contributed by atoms with Crippen molar-refractivity contribution >= 4 is 33.9 Å². The largest absolute Gasteiger partial charge is 0.456 e. The summed E-state index contributed by atoms with van der Waals surface area (Å²) in [6.45, 7) is 1.77. The van der Waals surface area contributed by atoms with Crippen LogP contribution >= 0.6 is 22.9 Å². The minimum absolute atomic E-state index is 0.0572. The Labute approximate surface area is 150 Å². The van der Waals surface area contributed by atoms with Gasteiger partial charge in [-0.25, -0.2) is 9.78 Å². The summed E-state index contributed by atoms with van der Waals surface area (Å²) in [4.78, 5) is 29.2. The van der Waals surface area contributed by atoms with Crippen LogP contribution in [0.4, 0.5) is 0 Å². The molecule has 1 aromatic carbocycles. The van der Waals surface area contributed by atoms with E-state index >= 15 is 0 Å². The molecule has 25 heavy (non-hydrogen) atoms. The number of rotatable bonds is 3. The molecule has 2 aromatic heterocycles. The number of ether oxygens (including phenoxy) is 3. The van der Waals surface area contributed by atoms with Crippen molar-refractivity contribution in [3.8, 4) is 11.5 Å². The summed E-state index contributed by atoms with van der Waals surface area (Å²) in [7, 11) is 0. The Morgan fingerprint density at radius 3 is 3.08 bits per heavy atom. The van der Waals surface area contributed by atoms with Crippen LogP contribution in [-0.4, -0.2) is 22.1 Å². The number of carbonyl (C=O) groups is 1. The number of aryl methyl sites for hydroxylation is 1. The molecule has 1 aliphatic heterocycles. The number of hydrogen-bond donors (Lipinski definition) is 0. The van der Waals surface area contributed by atoms with Gasteiger partial charge < -0.3 is 14.2 Å². The Morgan fingerprint density at radius 1 is 1.40 bits per heavy atom. The van der Waals surface area contributed by atoms with Crippen LogP contribution in [0.2, 0.25) is 5.02 Å². The predicted molar refractivity (Wildman–Crippen MR) is 90.8 cm³/mol. The highest BCUT2D eigenvalue weighted by atomic mass is 35.5. The van der Waals surface area contributed by atoms with Crippen LogP contribution in [0.15, 0.2) is 28.4 Å². The third kappa shape index (κ3) is 2.83. The van der Waals surface area contributed by atoms with E-state index < -0.39 is 5.97 Å². The van der Waals surface area contributed by atoms with Crippen LogP contribution in [0.1, 0.15) is 21.7 Å². The van der Waals surface area contributed by atoms with Crippen LogP contribution in [0.3, 0.4) is 0 Å². The minimum Gasteiger partial charge on any atom is -0.456 e. The van der Waals surface area contributed by atoms with Crippen LogP contribution in [0.25, 0.3) is 4.96 Å². The Hall–Kier alpha value is -2.58. The molecule has 0 atom stereocenters. The maximum Gasteiger partial charge on any atom is 0.338 e. The number of esters is 1. The van der Waals surface area contributed by atoms with Gasteiger partial charge in [0, 0.05) is 17.1 Å². The molecule has 0 amide bonds. The third-order valence-corrected chi connectivity index (χ3v) is 4.87. The summed E-state index contributed by atoms with van der Waals surface area (Å²) in [6.07, 6.45) is 0. The van der Waals surface area contributed by atoms with E-state index in [9.17, 15) is 9.59 Å². The number of aromatic nitrogens is 2. The van der Waals surface area contributed by atoms with E-state index in [4.69, 9.17) is 25.8 Å². The monoisotopic (exact) mass is 378 g/mol. The zero-order valence-electron chi connectivity index (χ0n) is 12.9. The van der Waals surface area contributed by atoms with E-state index in [1.54, 1.807) is 0 Å². The molecule has 0 radical (unpaired) electrons. The fraction of sp³-hybridized carbons (Fsp3) is 0.188. The molecular weight excluding hydrogens is 368 g/mol. The Bertz CT molecular complexity index is 1060. The maximum atomic E-state index is 12.2. The highest BCUT2D eigenvalue weighted by Crippen LogP contribution is 2.39. The maximum absolute atomic E-state index is 12.2. The first-order valence-corrected chi connectivity index (χ1v) is 8.52. The topological polar surface area (TPSA) is 79.1 Å². The molecule has 0 saturated heterocycles. The van der Waals surface area contributed by atoms with Gasteiger partial charge in [0.05, 0.1) is 16.3 Å². The number of benzene rings is 1. The molecular formula is C16H11ClN2O5S. The van der Waals surface area contributed by atoms with E-state index in [1.807, 2.05) is 12.3 Å². The lowest BCUT2D eigenvalue weighted by molar-refractivity contribution is 0.0467. The quantitative estimate of drug-likeness (QED) is 0.652. The zero-order valence-corrected chi connectivity index (χ0v) is 14.5. The van der Waals surface area contributed by atoms with Gasteiger partial charge >= 0.3 is 5.97 Å². The van der Waals surface area contributed by atoms with Crippen LogP contribution in [0.5, 0.6) is 11.5 Å². The van der Waals surface area contributed by atoms with Crippen LogP contribution < -0.4 is 15.0 Å². The molecule has 0 spiro atoms.